The Balaban J connectivity index is 2.45. The number of aliphatic carboxylic acids is 1. The molecule has 0 aliphatic carbocycles. The van der Waals surface area contributed by atoms with Crippen LogP contribution in [0.15, 0.2) is 24.3 Å². The molecule has 1 saturated heterocycles. The van der Waals surface area contributed by atoms with Crippen LogP contribution in [0.25, 0.3) is 0 Å². The highest BCUT2D eigenvalue weighted by Gasteiger charge is 2.47. The van der Waals surface area contributed by atoms with Gasteiger partial charge in [0.2, 0.25) is 5.91 Å². The summed E-state index contributed by atoms with van der Waals surface area (Å²) in [6, 6.07) is 3.67. The number of carbonyl (C=O) groups is 2. The molecule has 1 fully saturated rings. The molecule has 24 heavy (non-hydrogen) atoms. The summed E-state index contributed by atoms with van der Waals surface area (Å²) in [5.41, 5.74) is -1.09. The maximum Gasteiger partial charge on any atom is 0.416 e. The molecule has 132 valence electrons. The van der Waals surface area contributed by atoms with Gasteiger partial charge in [0.05, 0.1) is 17.5 Å². The Morgan fingerprint density at radius 2 is 2.04 bits per heavy atom. The average molecular weight is 345 g/mol. The van der Waals surface area contributed by atoms with E-state index in [0.29, 0.717) is 13.0 Å². The van der Waals surface area contributed by atoms with Crippen LogP contribution < -0.4 is 0 Å². The second-order valence-electron chi connectivity index (χ2n) is 5.61. The van der Waals surface area contributed by atoms with Crippen LogP contribution in [0, 0.1) is 5.92 Å². The molecule has 1 aromatic rings. The zero-order valence-electron chi connectivity index (χ0n) is 13.0. The Labute approximate surface area is 137 Å². The first kappa shape index (κ1) is 18.3. The van der Waals surface area contributed by atoms with Crippen LogP contribution in [-0.2, 0) is 20.5 Å². The predicted octanol–water partition coefficient (Wildman–Crippen LogP) is 2.72. The van der Waals surface area contributed by atoms with E-state index in [9.17, 15) is 27.9 Å². The molecule has 1 amide bonds. The first-order chi connectivity index (χ1) is 11.3. The van der Waals surface area contributed by atoms with Crippen molar-refractivity contribution in [3.8, 4) is 0 Å². The number of likely N-dealkylation sites (tertiary alicyclic amines) is 1. The Hall–Kier alpha value is -2.09. The van der Waals surface area contributed by atoms with Gasteiger partial charge in [-0.1, -0.05) is 18.2 Å². The molecule has 2 atom stereocenters. The molecule has 1 aliphatic heterocycles. The van der Waals surface area contributed by atoms with E-state index in [1.165, 1.54) is 30.2 Å². The number of carboxylic acid groups (broad SMARTS) is 1. The van der Waals surface area contributed by atoms with Gasteiger partial charge in [0.15, 0.2) is 0 Å². The zero-order valence-corrected chi connectivity index (χ0v) is 13.0. The summed E-state index contributed by atoms with van der Waals surface area (Å²) in [6.07, 6.45) is -4.51. The van der Waals surface area contributed by atoms with Gasteiger partial charge in [-0.25, -0.2) is 0 Å². The van der Waals surface area contributed by atoms with Gasteiger partial charge in [0, 0.05) is 26.7 Å². The van der Waals surface area contributed by atoms with Gasteiger partial charge in [-0.3, -0.25) is 9.59 Å². The average Bonchev–Trinajstić information content (AvgIpc) is 2.84. The number of carbonyl (C=O) groups excluding carboxylic acids is 1. The van der Waals surface area contributed by atoms with Crippen LogP contribution in [0.1, 0.15) is 30.0 Å². The molecule has 0 bridgehead atoms. The van der Waals surface area contributed by atoms with Crippen molar-refractivity contribution in [3.63, 3.8) is 0 Å². The van der Waals surface area contributed by atoms with Gasteiger partial charge in [0.25, 0.3) is 0 Å². The van der Waals surface area contributed by atoms with Crippen molar-refractivity contribution in [2.45, 2.75) is 25.1 Å². The lowest BCUT2D eigenvalue weighted by Gasteiger charge is -2.29. The summed E-state index contributed by atoms with van der Waals surface area (Å²) in [5.74, 6) is -2.94. The maximum atomic E-state index is 13.3. The topological polar surface area (TPSA) is 66.8 Å². The zero-order chi connectivity index (χ0) is 17.9. The first-order valence-corrected chi connectivity index (χ1v) is 7.44. The van der Waals surface area contributed by atoms with Crippen molar-refractivity contribution in [2.24, 2.45) is 5.92 Å². The molecule has 0 spiro atoms. The van der Waals surface area contributed by atoms with E-state index in [-0.39, 0.29) is 18.5 Å². The van der Waals surface area contributed by atoms with Crippen molar-refractivity contribution in [2.75, 3.05) is 20.3 Å². The lowest BCUT2D eigenvalue weighted by Crippen LogP contribution is -2.33. The second-order valence-corrected chi connectivity index (χ2v) is 5.61. The van der Waals surface area contributed by atoms with Gasteiger partial charge < -0.3 is 14.7 Å². The van der Waals surface area contributed by atoms with E-state index >= 15 is 0 Å². The van der Waals surface area contributed by atoms with Crippen molar-refractivity contribution in [1.29, 1.82) is 0 Å². The maximum absolute atomic E-state index is 13.3. The quantitative estimate of drug-likeness (QED) is 0.805. The fourth-order valence-corrected chi connectivity index (χ4v) is 3.05. The molecule has 5 nitrogen and oxygen atoms in total. The molecule has 2 unspecified atom stereocenters. The van der Waals surface area contributed by atoms with Crippen LogP contribution in [0.2, 0.25) is 0 Å². The summed E-state index contributed by atoms with van der Waals surface area (Å²) in [5, 5.41) is 9.36. The molecule has 1 aliphatic rings. The number of alkyl halides is 3. The van der Waals surface area contributed by atoms with E-state index in [0.717, 1.165) is 6.07 Å². The fraction of sp³-hybridized carbons (Fsp3) is 0.500. The molecule has 2 rings (SSSR count). The third-order valence-corrected chi connectivity index (χ3v) is 4.08. The van der Waals surface area contributed by atoms with Crippen LogP contribution in [-0.4, -0.2) is 42.1 Å². The molecule has 0 aromatic heterocycles. The van der Waals surface area contributed by atoms with E-state index in [4.69, 9.17) is 4.74 Å². The third-order valence-electron chi connectivity index (χ3n) is 4.08. The SMILES string of the molecule is COCCCN1C(=O)CC(C(=O)O)C1c1ccccc1C(F)(F)F. The lowest BCUT2D eigenvalue weighted by molar-refractivity contribution is -0.144. The predicted molar refractivity (Wildman–Crippen MR) is 78.1 cm³/mol. The fourth-order valence-electron chi connectivity index (χ4n) is 3.05. The van der Waals surface area contributed by atoms with Crippen molar-refractivity contribution >= 4 is 11.9 Å². The summed E-state index contributed by atoms with van der Waals surface area (Å²) in [4.78, 5) is 24.9. The third kappa shape index (κ3) is 3.69. The first-order valence-electron chi connectivity index (χ1n) is 7.44. The molecule has 1 aromatic carbocycles. The lowest BCUT2D eigenvalue weighted by atomic mass is 9.90. The molecular formula is C16H18F3NO4. The minimum atomic E-state index is -4.62. The monoisotopic (exact) mass is 345 g/mol. The van der Waals surface area contributed by atoms with Crippen molar-refractivity contribution in [1.82, 2.24) is 4.90 Å². The Bertz CT molecular complexity index is 618. The number of rotatable bonds is 6. The number of halogens is 3. The van der Waals surface area contributed by atoms with Gasteiger partial charge in [0.1, 0.15) is 0 Å². The van der Waals surface area contributed by atoms with Gasteiger partial charge >= 0.3 is 12.1 Å². The van der Waals surface area contributed by atoms with Crippen LogP contribution >= 0.6 is 0 Å². The number of nitrogens with zero attached hydrogens (tertiary/aromatic N) is 1. The highest BCUT2D eigenvalue weighted by Crippen LogP contribution is 2.43. The highest BCUT2D eigenvalue weighted by molar-refractivity contribution is 5.87. The van der Waals surface area contributed by atoms with E-state index in [1.807, 2.05) is 0 Å². The minimum absolute atomic E-state index is 0.146. The number of ether oxygens (including phenoxy) is 1. The number of hydrogen-bond donors (Lipinski definition) is 1. The Morgan fingerprint density at radius 1 is 1.38 bits per heavy atom. The molecule has 0 radical (unpaired) electrons. The van der Waals surface area contributed by atoms with Crippen LogP contribution in [0.3, 0.4) is 0 Å². The van der Waals surface area contributed by atoms with Crippen LogP contribution in [0.5, 0.6) is 0 Å². The Morgan fingerprint density at radius 3 is 2.62 bits per heavy atom. The molecule has 8 heteroatoms. The summed E-state index contributed by atoms with van der Waals surface area (Å²) in [7, 11) is 1.47. The van der Waals surface area contributed by atoms with E-state index < -0.39 is 35.6 Å². The van der Waals surface area contributed by atoms with Gasteiger partial charge in [-0.05, 0) is 18.1 Å². The second kappa shape index (κ2) is 7.21. The smallest absolute Gasteiger partial charge is 0.416 e. The van der Waals surface area contributed by atoms with Gasteiger partial charge in [-0.15, -0.1) is 0 Å². The summed E-state index contributed by atoms with van der Waals surface area (Å²) >= 11 is 0. The summed E-state index contributed by atoms with van der Waals surface area (Å²) < 4.78 is 44.8. The largest absolute Gasteiger partial charge is 0.481 e. The normalized spacial score (nSPS) is 21.3. The number of benzene rings is 1. The molecule has 1 heterocycles. The molecule has 1 N–H and O–H groups in total. The van der Waals surface area contributed by atoms with Gasteiger partial charge in [-0.2, -0.15) is 13.2 Å². The minimum Gasteiger partial charge on any atom is -0.481 e. The van der Waals surface area contributed by atoms with Crippen LogP contribution in [0.4, 0.5) is 13.2 Å². The number of amides is 1. The Kier molecular flexibility index (Phi) is 5.48. The number of methoxy groups -OCH3 is 1. The van der Waals surface area contributed by atoms with E-state index in [1.54, 1.807) is 0 Å². The molecule has 0 saturated carbocycles. The van der Waals surface area contributed by atoms with Crippen molar-refractivity contribution < 1.29 is 32.6 Å². The van der Waals surface area contributed by atoms with Crippen molar-refractivity contribution in [3.05, 3.63) is 35.4 Å². The summed E-state index contributed by atoms with van der Waals surface area (Å²) in [6.45, 7) is 0.475. The standard InChI is InChI=1S/C16H18F3NO4/c1-24-8-4-7-20-13(21)9-11(15(22)23)14(20)10-5-2-3-6-12(10)16(17,18)19/h2-3,5-6,11,14H,4,7-9H2,1H3,(H,22,23). The van der Waals surface area contributed by atoms with E-state index in [2.05, 4.69) is 0 Å². The molecular weight excluding hydrogens is 327 g/mol. The number of hydrogen-bond acceptors (Lipinski definition) is 3. The highest BCUT2D eigenvalue weighted by atomic mass is 19.4. The number of carboxylic acids is 1.